The Labute approximate surface area is 134 Å². The van der Waals surface area contributed by atoms with Gasteiger partial charge >= 0.3 is 5.97 Å². The van der Waals surface area contributed by atoms with E-state index in [1.165, 1.54) is 0 Å². The Kier molecular flexibility index (Phi) is 6.34. The fourth-order valence-electron chi connectivity index (χ4n) is 1.87. The van der Waals surface area contributed by atoms with Gasteiger partial charge in [-0.15, -0.1) is 0 Å². The van der Waals surface area contributed by atoms with E-state index in [9.17, 15) is 9.90 Å². The molecule has 0 aliphatic carbocycles. The van der Waals surface area contributed by atoms with Crippen molar-refractivity contribution in [3.05, 3.63) is 35.4 Å². The van der Waals surface area contributed by atoms with E-state index in [4.69, 9.17) is 9.53 Å². The molecule has 1 atom stereocenters. The molecule has 0 saturated heterocycles. The Morgan fingerprint density at radius 1 is 1.27 bits per heavy atom. The topological polar surface area (TPSA) is 66.8 Å². The average Bonchev–Trinajstić information content (AvgIpc) is 2.42. The second-order valence-corrected chi connectivity index (χ2v) is 12.0. The summed E-state index contributed by atoms with van der Waals surface area (Å²) in [5.74, 6) is -0.928. The van der Waals surface area contributed by atoms with Crippen molar-refractivity contribution in [2.75, 3.05) is 6.61 Å². The maximum absolute atomic E-state index is 11.2. The van der Waals surface area contributed by atoms with E-state index < -0.39 is 20.4 Å². The molecule has 22 heavy (non-hydrogen) atoms. The number of hydrogen-bond acceptors (Lipinski definition) is 3. The van der Waals surface area contributed by atoms with Crippen LogP contribution in [0.2, 0.25) is 18.1 Å². The molecule has 124 valence electrons. The standard InChI is InChI=1S/C17H28O4Si/c1-17(2,3)22(4,5)21-12-14(18)11-10-13-8-6-7-9-15(13)16(19)20/h6-9,14,18H,10-12H2,1-5H3,(H,19,20). The van der Waals surface area contributed by atoms with Crippen LogP contribution in [-0.4, -0.2) is 37.2 Å². The third-order valence-electron chi connectivity index (χ3n) is 4.44. The number of aliphatic hydroxyl groups excluding tert-OH is 1. The molecule has 1 rings (SSSR count). The summed E-state index contributed by atoms with van der Waals surface area (Å²) in [6.07, 6.45) is 0.458. The van der Waals surface area contributed by atoms with Gasteiger partial charge in [-0.25, -0.2) is 4.79 Å². The molecule has 0 saturated carbocycles. The number of aromatic carboxylic acids is 1. The van der Waals surface area contributed by atoms with Crippen molar-refractivity contribution in [2.24, 2.45) is 0 Å². The molecule has 0 aliphatic heterocycles. The minimum atomic E-state index is -1.86. The molecule has 0 aromatic heterocycles. The number of hydrogen-bond donors (Lipinski definition) is 2. The summed E-state index contributed by atoms with van der Waals surface area (Å²) in [6.45, 7) is 11.1. The molecule has 0 heterocycles. The minimum Gasteiger partial charge on any atom is -0.478 e. The zero-order valence-electron chi connectivity index (χ0n) is 14.2. The zero-order valence-corrected chi connectivity index (χ0v) is 15.2. The normalized spacial score (nSPS) is 13.9. The van der Waals surface area contributed by atoms with Gasteiger partial charge in [-0.1, -0.05) is 39.0 Å². The van der Waals surface area contributed by atoms with Gasteiger partial charge in [-0.05, 0) is 42.6 Å². The largest absolute Gasteiger partial charge is 0.478 e. The van der Waals surface area contributed by atoms with Crippen LogP contribution in [0.3, 0.4) is 0 Å². The molecular weight excluding hydrogens is 296 g/mol. The highest BCUT2D eigenvalue weighted by Crippen LogP contribution is 2.36. The molecular formula is C17H28O4Si. The van der Waals surface area contributed by atoms with Gasteiger partial charge in [0, 0.05) is 0 Å². The van der Waals surface area contributed by atoms with Crippen LogP contribution >= 0.6 is 0 Å². The highest BCUT2D eigenvalue weighted by molar-refractivity contribution is 6.74. The fourth-order valence-corrected chi connectivity index (χ4v) is 2.92. The summed E-state index contributed by atoms with van der Waals surface area (Å²) < 4.78 is 5.99. The Balaban J connectivity index is 2.54. The van der Waals surface area contributed by atoms with Gasteiger partial charge in [0.25, 0.3) is 0 Å². The van der Waals surface area contributed by atoms with Crippen LogP contribution in [0, 0.1) is 0 Å². The molecule has 0 amide bonds. The van der Waals surface area contributed by atoms with Crippen molar-refractivity contribution in [3.63, 3.8) is 0 Å². The average molecular weight is 324 g/mol. The first-order valence-corrected chi connectivity index (χ1v) is 10.6. The van der Waals surface area contributed by atoms with Crippen molar-refractivity contribution >= 4 is 14.3 Å². The highest BCUT2D eigenvalue weighted by Gasteiger charge is 2.37. The minimum absolute atomic E-state index is 0.114. The molecule has 0 radical (unpaired) electrons. The lowest BCUT2D eigenvalue weighted by Crippen LogP contribution is -2.42. The molecule has 0 spiro atoms. The summed E-state index contributed by atoms with van der Waals surface area (Å²) >= 11 is 0. The summed E-state index contributed by atoms with van der Waals surface area (Å²) in [6, 6.07) is 6.92. The van der Waals surface area contributed by atoms with Gasteiger partial charge in [0.05, 0.1) is 18.3 Å². The molecule has 0 aliphatic rings. The SMILES string of the molecule is CC(C)(C)[Si](C)(C)OCC(O)CCc1ccccc1C(=O)O. The number of carboxylic acid groups (broad SMARTS) is 1. The van der Waals surface area contributed by atoms with Crippen molar-refractivity contribution in [2.45, 2.75) is 57.8 Å². The molecule has 4 nitrogen and oxygen atoms in total. The Morgan fingerprint density at radius 2 is 1.86 bits per heavy atom. The molecule has 0 fully saturated rings. The zero-order chi connectivity index (χ0) is 17.0. The summed E-state index contributed by atoms with van der Waals surface area (Å²) in [5.41, 5.74) is 1.06. The van der Waals surface area contributed by atoms with Crippen molar-refractivity contribution < 1.29 is 19.4 Å². The monoisotopic (exact) mass is 324 g/mol. The Bertz CT molecular complexity index is 506. The van der Waals surface area contributed by atoms with Crippen LogP contribution in [-0.2, 0) is 10.8 Å². The lowest BCUT2D eigenvalue weighted by atomic mass is 10.0. The second-order valence-electron chi connectivity index (χ2n) is 7.23. The molecule has 5 heteroatoms. The number of carbonyl (C=O) groups is 1. The number of benzene rings is 1. The summed E-state index contributed by atoms with van der Waals surface area (Å²) in [4.78, 5) is 11.2. The first-order chi connectivity index (χ1) is 10.0. The van der Waals surface area contributed by atoms with Gasteiger partial charge in [-0.3, -0.25) is 0 Å². The summed E-state index contributed by atoms with van der Waals surface area (Å²) in [5, 5.41) is 19.4. The second kappa shape index (κ2) is 7.40. The van der Waals surface area contributed by atoms with Gasteiger partial charge in [-0.2, -0.15) is 0 Å². The molecule has 1 aromatic rings. The lowest BCUT2D eigenvalue weighted by Gasteiger charge is -2.36. The molecule has 0 bridgehead atoms. The third-order valence-corrected chi connectivity index (χ3v) is 8.94. The maximum Gasteiger partial charge on any atom is 0.335 e. The number of carboxylic acids is 1. The molecule has 2 N–H and O–H groups in total. The number of rotatable bonds is 7. The molecule has 1 unspecified atom stereocenters. The van der Waals surface area contributed by atoms with Gasteiger partial charge in [0.15, 0.2) is 8.32 Å². The smallest absolute Gasteiger partial charge is 0.335 e. The van der Waals surface area contributed by atoms with Crippen molar-refractivity contribution in [1.82, 2.24) is 0 Å². The third kappa shape index (κ3) is 5.23. The lowest BCUT2D eigenvalue weighted by molar-refractivity contribution is 0.0693. The van der Waals surface area contributed by atoms with Crippen LogP contribution in [0.1, 0.15) is 43.1 Å². The van der Waals surface area contributed by atoms with E-state index in [1.807, 2.05) is 6.07 Å². The van der Waals surface area contributed by atoms with E-state index in [0.29, 0.717) is 25.0 Å². The van der Waals surface area contributed by atoms with E-state index in [-0.39, 0.29) is 5.04 Å². The first-order valence-electron chi connectivity index (χ1n) is 7.68. The Hall–Kier alpha value is -1.17. The van der Waals surface area contributed by atoms with Crippen LogP contribution in [0.5, 0.6) is 0 Å². The Morgan fingerprint density at radius 3 is 2.41 bits per heavy atom. The quantitative estimate of drug-likeness (QED) is 0.751. The maximum atomic E-state index is 11.2. The first kappa shape index (κ1) is 18.9. The number of aliphatic hydroxyl groups is 1. The van der Waals surface area contributed by atoms with Crippen molar-refractivity contribution in [3.8, 4) is 0 Å². The van der Waals surface area contributed by atoms with Crippen molar-refractivity contribution in [1.29, 1.82) is 0 Å². The van der Waals surface area contributed by atoms with Gasteiger partial charge < -0.3 is 14.6 Å². The van der Waals surface area contributed by atoms with E-state index in [1.54, 1.807) is 18.2 Å². The molecule has 1 aromatic carbocycles. The number of aryl methyl sites for hydroxylation is 1. The van der Waals surface area contributed by atoms with Crippen LogP contribution in [0.4, 0.5) is 0 Å². The van der Waals surface area contributed by atoms with E-state index in [2.05, 4.69) is 33.9 Å². The van der Waals surface area contributed by atoms with E-state index in [0.717, 1.165) is 5.56 Å². The fraction of sp³-hybridized carbons (Fsp3) is 0.588. The predicted molar refractivity (Wildman–Crippen MR) is 90.9 cm³/mol. The highest BCUT2D eigenvalue weighted by atomic mass is 28.4. The van der Waals surface area contributed by atoms with Gasteiger partial charge in [0.2, 0.25) is 0 Å². The van der Waals surface area contributed by atoms with E-state index >= 15 is 0 Å². The predicted octanol–water partition coefficient (Wildman–Crippen LogP) is 3.70. The van der Waals surface area contributed by atoms with Crippen LogP contribution in [0.15, 0.2) is 24.3 Å². The summed E-state index contributed by atoms with van der Waals surface area (Å²) in [7, 11) is -1.86. The van der Waals surface area contributed by atoms with Gasteiger partial charge in [0.1, 0.15) is 0 Å². The van der Waals surface area contributed by atoms with Crippen LogP contribution in [0.25, 0.3) is 0 Å². The van der Waals surface area contributed by atoms with Crippen LogP contribution < -0.4 is 0 Å².